The van der Waals surface area contributed by atoms with Gasteiger partial charge in [0.25, 0.3) is 0 Å². The van der Waals surface area contributed by atoms with Crippen LogP contribution in [-0.2, 0) is 20.8 Å². The van der Waals surface area contributed by atoms with E-state index in [0.717, 1.165) is 42.8 Å². The average molecular weight is 525 g/mol. The molecule has 0 amide bonds. The van der Waals surface area contributed by atoms with E-state index < -0.39 is 0 Å². The highest BCUT2D eigenvalue weighted by Crippen LogP contribution is 2.30. The van der Waals surface area contributed by atoms with Gasteiger partial charge in [0.15, 0.2) is 0 Å². The number of nitrogens with zero attached hydrogens (tertiary/aromatic N) is 5. The van der Waals surface area contributed by atoms with E-state index in [1.807, 2.05) is 55.4 Å². The number of aliphatic hydroxyl groups excluding tert-OH is 1. The van der Waals surface area contributed by atoms with Crippen LogP contribution in [0.3, 0.4) is 0 Å². The standard InChI is InChI=1S/C28H40N6O4/c1-33(2)27-25(20-30-34(27)21-22-6-4-3-5-7-22)26-12-13-29-28(32-26)31-23-8-10-24(11-9-23)38-19-18-37-17-16-36-15-14-35/h3-7,12-13,20,23-24,35H,8-11,14-19,21H2,1-2H3,(H,29,31,32). The molecule has 3 aromatic rings. The van der Waals surface area contributed by atoms with Crippen LogP contribution in [0, 0.1) is 0 Å². The van der Waals surface area contributed by atoms with Gasteiger partial charge in [0.2, 0.25) is 5.95 Å². The number of aliphatic hydroxyl groups is 1. The smallest absolute Gasteiger partial charge is 0.223 e. The molecule has 0 atom stereocenters. The molecule has 2 N–H and O–H groups in total. The molecule has 1 aliphatic carbocycles. The Morgan fingerprint density at radius 2 is 1.71 bits per heavy atom. The molecule has 0 bridgehead atoms. The van der Waals surface area contributed by atoms with E-state index in [-0.39, 0.29) is 12.7 Å². The summed E-state index contributed by atoms with van der Waals surface area (Å²) in [4.78, 5) is 11.4. The van der Waals surface area contributed by atoms with Gasteiger partial charge in [-0.2, -0.15) is 5.10 Å². The Balaban J connectivity index is 1.27. The summed E-state index contributed by atoms with van der Waals surface area (Å²) in [6.07, 6.45) is 7.95. The number of hydrogen-bond acceptors (Lipinski definition) is 9. The Morgan fingerprint density at radius 3 is 2.45 bits per heavy atom. The van der Waals surface area contributed by atoms with E-state index in [4.69, 9.17) is 24.3 Å². The van der Waals surface area contributed by atoms with Crippen molar-refractivity contribution in [3.05, 3.63) is 54.4 Å². The van der Waals surface area contributed by atoms with Crippen molar-refractivity contribution in [2.24, 2.45) is 0 Å². The number of benzene rings is 1. The van der Waals surface area contributed by atoms with Gasteiger partial charge in [0.1, 0.15) is 5.82 Å². The van der Waals surface area contributed by atoms with Gasteiger partial charge in [-0.25, -0.2) is 14.6 Å². The zero-order valence-corrected chi connectivity index (χ0v) is 22.5. The summed E-state index contributed by atoms with van der Waals surface area (Å²) < 4.78 is 18.7. The van der Waals surface area contributed by atoms with Crippen molar-refractivity contribution in [1.82, 2.24) is 19.7 Å². The number of nitrogens with one attached hydrogen (secondary N) is 1. The molecular formula is C28H40N6O4. The maximum Gasteiger partial charge on any atom is 0.223 e. The van der Waals surface area contributed by atoms with Crippen molar-refractivity contribution in [2.45, 2.75) is 44.4 Å². The fourth-order valence-electron chi connectivity index (χ4n) is 4.70. The second kappa shape index (κ2) is 14.8. The number of rotatable bonds is 15. The molecule has 1 aliphatic rings. The molecule has 1 saturated carbocycles. The first kappa shape index (κ1) is 28.0. The minimum atomic E-state index is 0.0381. The van der Waals surface area contributed by atoms with Crippen LogP contribution in [0.15, 0.2) is 48.8 Å². The number of aromatic nitrogens is 4. The van der Waals surface area contributed by atoms with Gasteiger partial charge in [-0.1, -0.05) is 30.3 Å². The second-order valence-corrected chi connectivity index (χ2v) is 9.62. The van der Waals surface area contributed by atoms with Crippen LogP contribution in [0.4, 0.5) is 11.8 Å². The molecule has 0 aliphatic heterocycles. The third kappa shape index (κ3) is 8.22. The Bertz CT molecular complexity index is 1090. The first-order chi connectivity index (χ1) is 18.6. The first-order valence-electron chi connectivity index (χ1n) is 13.4. The fraction of sp³-hybridized carbons (Fsp3) is 0.536. The number of hydrogen-bond donors (Lipinski definition) is 2. The van der Waals surface area contributed by atoms with Crippen molar-refractivity contribution in [3.8, 4) is 11.3 Å². The first-order valence-corrected chi connectivity index (χ1v) is 13.4. The van der Waals surface area contributed by atoms with Gasteiger partial charge in [0.05, 0.1) is 69.7 Å². The Labute approximate surface area is 225 Å². The molecule has 0 spiro atoms. The summed E-state index contributed by atoms with van der Waals surface area (Å²) in [5.41, 5.74) is 3.03. The lowest BCUT2D eigenvalue weighted by Crippen LogP contribution is -2.31. The molecule has 2 heterocycles. The van der Waals surface area contributed by atoms with E-state index in [1.54, 1.807) is 0 Å². The van der Waals surface area contributed by atoms with Crippen LogP contribution in [0.1, 0.15) is 31.2 Å². The summed E-state index contributed by atoms with van der Waals surface area (Å²) in [5, 5.41) is 16.9. The number of anilines is 2. The van der Waals surface area contributed by atoms with Crippen LogP contribution in [0.5, 0.6) is 0 Å². The molecule has 1 fully saturated rings. The fourth-order valence-corrected chi connectivity index (χ4v) is 4.70. The average Bonchev–Trinajstić information content (AvgIpc) is 3.36. The van der Waals surface area contributed by atoms with Gasteiger partial charge in [-0.05, 0) is 37.3 Å². The van der Waals surface area contributed by atoms with Crippen LogP contribution in [0.2, 0.25) is 0 Å². The van der Waals surface area contributed by atoms with Crippen molar-refractivity contribution in [2.75, 3.05) is 64.0 Å². The summed E-state index contributed by atoms with van der Waals surface area (Å²) in [6.45, 7) is 3.23. The van der Waals surface area contributed by atoms with Crippen LogP contribution < -0.4 is 10.2 Å². The molecule has 4 rings (SSSR count). The maximum atomic E-state index is 8.68. The van der Waals surface area contributed by atoms with Crippen molar-refractivity contribution < 1.29 is 19.3 Å². The van der Waals surface area contributed by atoms with Gasteiger partial charge >= 0.3 is 0 Å². The van der Waals surface area contributed by atoms with Gasteiger partial charge < -0.3 is 29.5 Å². The molecule has 10 heteroatoms. The maximum absolute atomic E-state index is 8.68. The van der Waals surface area contributed by atoms with E-state index in [1.165, 1.54) is 5.56 Å². The Morgan fingerprint density at radius 1 is 0.974 bits per heavy atom. The van der Waals surface area contributed by atoms with E-state index >= 15 is 0 Å². The minimum Gasteiger partial charge on any atom is -0.394 e. The topological polar surface area (TPSA) is 107 Å². The highest BCUT2D eigenvalue weighted by atomic mass is 16.5. The molecule has 2 aromatic heterocycles. The van der Waals surface area contributed by atoms with E-state index in [9.17, 15) is 0 Å². The molecule has 0 radical (unpaired) electrons. The summed E-state index contributed by atoms with van der Waals surface area (Å²) >= 11 is 0. The molecule has 1 aromatic carbocycles. The normalized spacial score (nSPS) is 17.4. The molecule has 38 heavy (non-hydrogen) atoms. The van der Waals surface area contributed by atoms with E-state index in [2.05, 4.69) is 32.4 Å². The van der Waals surface area contributed by atoms with Crippen LogP contribution in [-0.4, -0.2) is 90.7 Å². The molecule has 10 nitrogen and oxygen atoms in total. The van der Waals surface area contributed by atoms with Crippen molar-refractivity contribution >= 4 is 11.8 Å². The number of ether oxygens (including phenoxy) is 3. The molecule has 206 valence electrons. The minimum absolute atomic E-state index is 0.0381. The van der Waals surface area contributed by atoms with Crippen molar-refractivity contribution in [1.29, 1.82) is 0 Å². The zero-order valence-electron chi connectivity index (χ0n) is 22.5. The highest BCUT2D eigenvalue weighted by Gasteiger charge is 2.23. The lowest BCUT2D eigenvalue weighted by molar-refractivity contribution is -0.0248. The molecule has 0 saturated heterocycles. The van der Waals surface area contributed by atoms with Crippen molar-refractivity contribution in [3.63, 3.8) is 0 Å². The summed E-state index contributed by atoms with van der Waals surface area (Å²) in [5.74, 6) is 1.65. The van der Waals surface area contributed by atoms with Crippen LogP contribution in [0.25, 0.3) is 11.3 Å². The predicted molar refractivity (Wildman–Crippen MR) is 147 cm³/mol. The zero-order chi connectivity index (χ0) is 26.6. The lowest BCUT2D eigenvalue weighted by atomic mass is 9.93. The van der Waals surface area contributed by atoms with Gasteiger partial charge in [0, 0.05) is 26.3 Å². The SMILES string of the molecule is CN(C)c1c(-c2ccnc(NC3CCC(OCCOCCOCCO)CC3)n2)cnn1Cc1ccccc1. The largest absolute Gasteiger partial charge is 0.394 e. The lowest BCUT2D eigenvalue weighted by Gasteiger charge is -2.29. The van der Waals surface area contributed by atoms with Gasteiger partial charge in [-0.3, -0.25) is 0 Å². The second-order valence-electron chi connectivity index (χ2n) is 9.62. The third-order valence-corrected chi connectivity index (χ3v) is 6.54. The summed E-state index contributed by atoms with van der Waals surface area (Å²) in [7, 11) is 4.06. The monoisotopic (exact) mass is 524 g/mol. The summed E-state index contributed by atoms with van der Waals surface area (Å²) in [6, 6.07) is 12.6. The molecular weight excluding hydrogens is 484 g/mol. The molecule has 0 unspecified atom stereocenters. The third-order valence-electron chi connectivity index (χ3n) is 6.54. The van der Waals surface area contributed by atoms with Crippen LogP contribution >= 0.6 is 0 Å². The Hall–Kier alpha value is -3.05. The Kier molecular flexibility index (Phi) is 10.9. The van der Waals surface area contributed by atoms with E-state index in [0.29, 0.717) is 51.6 Å². The highest BCUT2D eigenvalue weighted by molar-refractivity contribution is 5.73. The predicted octanol–water partition coefficient (Wildman–Crippen LogP) is 3.22. The van der Waals surface area contributed by atoms with Gasteiger partial charge in [-0.15, -0.1) is 0 Å². The quantitative estimate of drug-likeness (QED) is 0.290.